The zero-order chi connectivity index (χ0) is 15.4. The van der Waals surface area contributed by atoms with Crippen LogP contribution in [0.15, 0.2) is 42.6 Å². The van der Waals surface area contributed by atoms with E-state index in [9.17, 15) is 4.79 Å². The highest BCUT2D eigenvalue weighted by Gasteiger charge is 2.21. The van der Waals surface area contributed by atoms with Gasteiger partial charge in [-0.05, 0) is 24.3 Å². The summed E-state index contributed by atoms with van der Waals surface area (Å²) in [5, 5.41) is 2.84. The Morgan fingerprint density at radius 1 is 1.32 bits per heavy atom. The van der Waals surface area contributed by atoms with Gasteiger partial charge in [-0.2, -0.15) is 0 Å². The molecule has 22 heavy (non-hydrogen) atoms. The molecule has 0 saturated heterocycles. The lowest BCUT2D eigenvalue weighted by molar-refractivity contribution is 0.0789. The Kier molecular flexibility index (Phi) is 4.20. The van der Waals surface area contributed by atoms with E-state index < -0.39 is 0 Å². The predicted molar refractivity (Wildman–Crippen MR) is 80.8 cm³/mol. The van der Waals surface area contributed by atoms with Crippen LogP contribution in [0.25, 0.3) is 0 Å². The lowest BCUT2D eigenvalue weighted by Gasteiger charge is -2.26. The number of rotatable bonds is 4. The summed E-state index contributed by atoms with van der Waals surface area (Å²) in [7, 11) is 0. The van der Waals surface area contributed by atoms with Crippen LogP contribution < -0.4 is 20.5 Å². The molecule has 1 aliphatic rings. The SMILES string of the molecule is NCc1cc(C(=O)NCC2COc3ccccc3O2)ccn1. The Morgan fingerprint density at radius 2 is 2.14 bits per heavy atom. The Balaban J connectivity index is 1.58. The number of aromatic nitrogens is 1. The van der Waals surface area contributed by atoms with Crippen LogP contribution in [0.1, 0.15) is 16.1 Å². The molecule has 0 fully saturated rings. The van der Waals surface area contributed by atoms with Crippen LogP contribution in [0.2, 0.25) is 0 Å². The number of hydrogen-bond acceptors (Lipinski definition) is 5. The lowest BCUT2D eigenvalue weighted by atomic mass is 10.2. The second-order valence-corrected chi connectivity index (χ2v) is 4.95. The van der Waals surface area contributed by atoms with Crippen molar-refractivity contribution in [1.29, 1.82) is 0 Å². The molecule has 0 bridgehead atoms. The molecule has 3 N–H and O–H groups in total. The summed E-state index contributed by atoms with van der Waals surface area (Å²) in [6, 6.07) is 10.8. The molecular weight excluding hydrogens is 282 g/mol. The van der Waals surface area contributed by atoms with Crippen LogP contribution in [0.5, 0.6) is 11.5 Å². The van der Waals surface area contributed by atoms with Crippen molar-refractivity contribution in [3.63, 3.8) is 0 Å². The Labute approximate surface area is 128 Å². The number of fused-ring (bicyclic) bond motifs is 1. The molecule has 1 amide bonds. The van der Waals surface area contributed by atoms with Gasteiger partial charge in [0, 0.05) is 18.3 Å². The van der Waals surface area contributed by atoms with Gasteiger partial charge in [-0.3, -0.25) is 9.78 Å². The maximum absolute atomic E-state index is 12.1. The molecular formula is C16H17N3O3. The first-order valence-corrected chi connectivity index (χ1v) is 7.08. The fourth-order valence-electron chi connectivity index (χ4n) is 2.20. The average molecular weight is 299 g/mol. The van der Waals surface area contributed by atoms with Gasteiger partial charge in [0.25, 0.3) is 5.91 Å². The van der Waals surface area contributed by atoms with Crippen LogP contribution in [-0.4, -0.2) is 30.1 Å². The molecule has 114 valence electrons. The third kappa shape index (κ3) is 3.17. The normalized spacial score (nSPS) is 16.1. The summed E-state index contributed by atoms with van der Waals surface area (Å²) in [5.74, 6) is 1.24. The first-order chi connectivity index (χ1) is 10.8. The molecule has 0 saturated carbocycles. The number of benzene rings is 1. The molecule has 0 radical (unpaired) electrons. The number of amides is 1. The van der Waals surface area contributed by atoms with Gasteiger partial charge in [-0.15, -0.1) is 0 Å². The van der Waals surface area contributed by atoms with Crippen molar-refractivity contribution in [2.75, 3.05) is 13.2 Å². The van der Waals surface area contributed by atoms with Gasteiger partial charge in [0.05, 0.1) is 12.2 Å². The average Bonchev–Trinajstić information content (AvgIpc) is 2.59. The van der Waals surface area contributed by atoms with Crippen molar-refractivity contribution < 1.29 is 14.3 Å². The highest BCUT2D eigenvalue weighted by Crippen LogP contribution is 2.30. The standard InChI is InChI=1S/C16H17N3O3/c17-8-12-7-11(5-6-18-12)16(20)19-9-13-10-21-14-3-1-2-4-15(14)22-13/h1-7,13H,8-10,17H2,(H,19,20). The number of ether oxygens (including phenoxy) is 2. The van der Waals surface area contributed by atoms with Gasteiger partial charge in [0.1, 0.15) is 12.7 Å². The largest absolute Gasteiger partial charge is 0.486 e. The quantitative estimate of drug-likeness (QED) is 0.883. The molecule has 1 atom stereocenters. The predicted octanol–water partition coefficient (Wildman–Crippen LogP) is 1.11. The molecule has 1 unspecified atom stereocenters. The molecule has 2 aromatic rings. The number of nitrogens with zero attached hydrogens (tertiary/aromatic N) is 1. The van der Waals surface area contributed by atoms with E-state index in [2.05, 4.69) is 10.3 Å². The van der Waals surface area contributed by atoms with Crippen molar-refractivity contribution >= 4 is 5.91 Å². The lowest BCUT2D eigenvalue weighted by Crippen LogP contribution is -2.40. The second kappa shape index (κ2) is 6.44. The van der Waals surface area contributed by atoms with Gasteiger partial charge in [-0.25, -0.2) is 0 Å². The molecule has 6 heteroatoms. The smallest absolute Gasteiger partial charge is 0.251 e. The van der Waals surface area contributed by atoms with Gasteiger partial charge in [0.2, 0.25) is 0 Å². The third-order valence-electron chi connectivity index (χ3n) is 3.35. The minimum absolute atomic E-state index is 0.181. The van der Waals surface area contributed by atoms with E-state index in [0.717, 1.165) is 5.75 Å². The Bertz CT molecular complexity index is 675. The topological polar surface area (TPSA) is 86.5 Å². The van der Waals surface area contributed by atoms with E-state index in [0.29, 0.717) is 36.7 Å². The maximum atomic E-state index is 12.1. The summed E-state index contributed by atoms with van der Waals surface area (Å²) in [4.78, 5) is 16.2. The first-order valence-electron chi connectivity index (χ1n) is 7.08. The zero-order valence-corrected chi connectivity index (χ0v) is 12.0. The van der Waals surface area contributed by atoms with E-state index in [4.69, 9.17) is 15.2 Å². The second-order valence-electron chi connectivity index (χ2n) is 4.95. The monoisotopic (exact) mass is 299 g/mol. The van der Waals surface area contributed by atoms with Crippen molar-refractivity contribution in [2.24, 2.45) is 5.73 Å². The zero-order valence-electron chi connectivity index (χ0n) is 12.0. The molecule has 0 aliphatic carbocycles. The number of pyridine rings is 1. The maximum Gasteiger partial charge on any atom is 0.251 e. The van der Waals surface area contributed by atoms with E-state index in [-0.39, 0.29) is 12.0 Å². The molecule has 6 nitrogen and oxygen atoms in total. The number of hydrogen-bond donors (Lipinski definition) is 2. The van der Waals surface area contributed by atoms with Crippen LogP contribution in [0.4, 0.5) is 0 Å². The minimum Gasteiger partial charge on any atom is -0.486 e. The number of nitrogens with one attached hydrogen (secondary N) is 1. The Morgan fingerprint density at radius 3 is 2.95 bits per heavy atom. The van der Waals surface area contributed by atoms with Crippen LogP contribution in [0, 0.1) is 0 Å². The van der Waals surface area contributed by atoms with E-state index in [1.807, 2.05) is 24.3 Å². The number of nitrogens with two attached hydrogens (primary N) is 1. The minimum atomic E-state index is -0.213. The van der Waals surface area contributed by atoms with Crippen molar-refractivity contribution in [1.82, 2.24) is 10.3 Å². The summed E-state index contributed by atoms with van der Waals surface area (Å²) in [5.41, 5.74) is 6.74. The molecule has 2 heterocycles. The van der Waals surface area contributed by atoms with E-state index >= 15 is 0 Å². The third-order valence-corrected chi connectivity index (χ3v) is 3.35. The highest BCUT2D eigenvalue weighted by molar-refractivity contribution is 5.94. The number of carbonyl (C=O) groups is 1. The molecule has 0 spiro atoms. The van der Waals surface area contributed by atoms with Gasteiger partial charge in [0.15, 0.2) is 11.5 Å². The van der Waals surface area contributed by atoms with Crippen molar-refractivity contribution in [3.05, 3.63) is 53.9 Å². The first kappa shape index (κ1) is 14.3. The Hall–Kier alpha value is -2.60. The van der Waals surface area contributed by atoms with Gasteiger partial charge >= 0.3 is 0 Å². The van der Waals surface area contributed by atoms with Crippen LogP contribution >= 0.6 is 0 Å². The molecule has 3 rings (SSSR count). The number of para-hydroxylation sites is 2. The molecule has 1 aliphatic heterocycles. The van der Waals surface area contributed by atoms with Crippen molar-refractivity contribution in [2.45, 2.75) is 12.6 Å². The van der Waals surface area contributed by atoms with E-state index in [1.54, 1.807) is 18.3 Å². The fraction of sp³-hybridized carbons (Fsp3) is 0.250. The van der Waals surface area contributed by atoms with Crippen molar-refractivity contribution in [3.8, 4) is 11.5 Å². The summed E-state index contributed by atoms with van der Waals surface area (Å²) < 4.78 is 11.4. The summed E-state index contributed by atoms with van der Waals surface area (Å²) in [6.07, 6.45) is 1.36. The van der Waals surface area contributed by atoms with Crippen LogP contribution in [-0.2, 0) is 6.54 Å². The summed E-state index contributed by atoms with van der Waals surface area (Å²) in [6.45, 7) is 1.08. The molecule has 1 aromatic carbocycles. The van der Waals surface area contributed by atoms with Crippen LogP contribution in [0.3, 0.4) is 0 Å². The number of carbonyl (C=O) groups excluding carboxylic acids is 1. The highest BCUT2D eigenvalue weighted by atomic mass is 16.6. The van der Waals surface area contributed by atoms with Gasteiger partial charge < -0.3 is 20.5 Å². The fourth-order valence-corrected chi connectivity index (χ4v) is 2.20. The summed E-state index contributed by atoms with van der Waals surface area (Å²) >= 11 is 0. The van der Waals surface area contributed by atoms with Gasteiger partial charge in [-0.1, -0.05) is 12.1 Å². The van der Waals surface area contributed by atoms with E-state index in [1.165, 1.54) is 0 Å². The molecule has 1 aromatic heterocycles.